The number of carbonyl (C=O) groups is 3. The number of nitrogens with zero attached hydrogens (tertiary/aromatic N) is 1. The number of thioether (sulfide) groups is 1. The molecule has 5 aromatic carbocycles. The van der Waals surface area contributed by atoms with Crippen molar-refractivity contribution in [1.29, 1.82) is 0 Å². The molecule has 0 aliphatic rings. The van der Waals surface area contributed by atoms with Crippen LogP contribution in [0.2, 0.25) is 0 Å². The summed E-state index contributed by atoms with van der Waals surface area (Å²) in [5, 5.41) is 10.4. The first kappa shape index (κ1) is 39.1. The van der Waals surface area contributed by atoms with E-state index in [2.05, 4.69) is 20.9 Å². The van der Waals surface area contributed by atoms with Gasteiger partial charge in [-0.25, -0.2) is 4.98 Å². The summed E-state index contributed by atoms with van der Waals surface area (Å²) < 4.78 is 21.8. The molecule has 1 unspecified atom stereocenters. The minimum absolute atomic E-state index is 0.0413. The number of hydrogen-bond acceptors (Lipinski definition) is 10. The summed E-state index contributed by atoms with van der Waals surface area (Å²) in [4.78, 5) is 46.3. The van der Waals surface area contributed by atoms with Gasteiger partial charge in [0.2, 0.25) is 5.91 Å². The van der Waals surface area contributed by atoms with Gasteiger partial charge in [0, 0.05) is 38.7 Å². The van der Waals surface area contributed by atoms with Crippen LogP contribution in [0.15, 0.2) is 137 Å². The van der Waals surface area contributed by atoms with Gasteiger partial charge in [-0.05, 0) is 66.2 Å². The number of amides is 3. The molecule has 56 heavy (non-hydrogen) atoms. The normalized spacial score (nSPS) is 11.5. The van der Waals surface area contributed by atoms with Gasteiger partial charge >= 0.3 is 0 Å². The molecule has 0 saturated heterocycles. The highest BCUT2D eigenvalue weighted by molar-refractivity contribution is 8.00. The van der Waals surface area contributed by atoms with Crippen LogP contribution >= 0.6 is 23.1 Å². The Labute approximate surface area is 332 Å². The maximum Gasteiger partial charge on any atom is 0.272 e. The molecule has 1 heterocycles. The predicted molar refractivity (Wildman–Crippen MR) is 221 cm³/mol. The molecule has 6 rings (SSSR count). The quantitative estimate of drug-likeness (QED) is 0.0690. The maximum atomic E-state index is 13.8. The van der Waals surface area contributed by atoms with Crippen LogP contribution in [0, 0.1) is 0 Å². The maximum absolute atomic E-state index is 13.8. The Morgan fingerprint density at radius 3 is 2.07 bits per heavy atom. The summed E-state index contributed by atoms with van der Waals surface area (Å²) in [5.41, 5.74) is 3.68. The van der Waals surface area contributed by atoms with Gasteiger partial charge in [0.05, 0.1) is 34.1 Å². The van der Waals surface area contributed by atoms with E-state index in [0.29, 0.717) is 44.9 Å². The number of methoxy groups -OCH3 is 4. The molecule has 284 valence electrons. The molecule has 0 aliphatic heterocycles. The van der Waals surface area contributed by atoms with Gasteiger partial charge in [0.1, 0.15) is 22.4 Å². The molecule has 6 aromatic rings. The van der Waals surface area contributed by atoms with Crippen molar-refractivity contribution in [3.63, 3.8) is 0 Å². The summed E-state index contributed by atoms with van der Waals surface area (Å²) >= 11 is 2.70. The molecular formula is C43H38N4O7S2. The lowest BCUT2D eigenvalue weighted by molar-refractivity contribution is -0.116. The first-order valence-corrected chi connectivity index (χ1v) is 19.0. The highest BCUT2D eigenvalue weighted by Gasteiger charge is 2.24. The van der Waals surface area contributed by atoms with E-state index < -0.39 is 17.1 Å². The monoisotopic (exact) mass is 786 g/mol. The Morgan fingerprint density at radius 1 is 0.714 bits per heavy atom. The van der Waals surface area contributed by atoms with Crippen molar-refractivity contribution in [2.24, 2.45) is 0 Å². The van der Waals surface area contributed by atoms with Crippen LogP contribution in [-0.2, 0) is 9.59 Å². The predicted octanol–water partition coefficient (Wildman–Crippen LogP) is 8.73. The van der Waals surface area contributed by atoms with Gasteiger partial charge in [-0.3, -0.25) is 14.4 Å². The largest absolute Gasteiger partial charge is 0.497 e. The van der Waals surface area contributed by atoms with Crippen molar-refractivity contribution in [3.8, 4) is 34.3 Å². The Morgan fingerprint density at radius 2 is 1.39 bits per heavy atom. The minimum atomic E-state index is -0.611. The van der Waals surface area contributed by atoms with E-state index in [0.717, 1.165) is 21.7 Å². The minimum Gasteiger partial charge on any atom is -0.497 e. The van der Waals surface area contributed by atoms with Crippen molar-refractivity contribution in [2.75, 3.05) is 39.1 Å². The molecule has 11 nitrogen and oxygen atoms in total. The molecule has 13 heteroatoms. The number of rotatable bonds is 15. The average molecular weight is 787 g/mol. The molecule has 0 radical (unpaired) electrons. The molecule has 0 spiro atoms. The number of ether oxygens (including phenoxy) is 4. The lowest BCUT2D eigenvalue weighted by Crippen LogP contribution is -2.30. The highest BCUT2D eigenvalue weighted by Crippen LogP contribution is 2.38. The Kier molecular flexibility index (Phi) is 13.0. The van der Waals surface area contributed by atoms with Crippen LogP contribution in [0.5, 0.6) is 23.0 Å². The fourth-order valence-corrected chi connectivity index (χ4v) is 7.28. The summed E-state index contributed by atoms with van der Waals surface area (Å²) in [5.74, 6) is 0.672. The zero-order valence-electron chi connectivity index (χ0n) is 30.9. The standard InChI is InChI=1S/C43H38N4O7S2/c1-51-32-17-11-16-29(22-32)35-26-55-43(46-35)47-42(50)39(27-12-7-5-8-13-27)56-33-20-18-31(19-21-33)44-41(49)34(45-40(48)28-14-9-6-10-15-28)23-30-24-37(53-3)38(54-4)25-36(30)52-2/h5-26,39H,1-4H3,(H,44,49)(H,45,48)(H,46,47,50)/b34-23-. The lowest BCUT2D eigenvalue weighted by atomic mass is 10.1. The molecule has 1 atom stereocenters. The van der Waals surface area contributed by atoms with Crippen molar-refractivity contribution < 1.29 is 33.3 Å². The summed E-state index contributed by atoms with van der Waals surface area (Å²) in [6.45, 7) is 0. The second-order valence-electron chi connectivity index (χ2n) is 12.0. The van der Waals surface area contributed by atoms with E-state index in [9.17, 15) is 14.4 Å². The van der Waals surface area contributed by atoms with E-state index >= 15 is 0 Å². The second-order valence-corrected chi connectivity index (χ2v) is 14.0. The fourth-order valence-electron chi connectivity index (χ4n) is 5.53. The molecule has 3 amide bonds. The Hall–Kier alpha value is -6.57. The summed E-state index contributed by atoms with van der Waals surface area (Å²) in [6.07, 6.45) is 1.51. The first-order valence-electron chi connectivity index (χ1n) is 17.2. The molecule has 0 bridgehead atoms. The van der Waals surface area contributed by atoms with Crippen molar-refractivity contribution in [1.82, 2.24) is 10.3 Å². The SMILES string of the molecule is COc1cccc(-c2csc(NC(=O)C(Sc3ccc(NC(=O)/C(=C/c4cc(OC)c(OC)cc4OC)NC(=O)c4ccccc4)cc3)c3ccccc3)n2)c1. The van der Waals surface area contributed by atoms with E-state index in [-0.39, 0.29) is 11.6 Å². The number of nitrogens with one attached hydrogen (secondary N) is 3. The van der Waals surface area contributed by atoms with E-state index in [1.165, 1.54) is 50.5 Å². The summed E-state index contributed by atoms with van der Waals surface area (Å²) in [6, 6.07) is 36.0. The van der Waals surface area contributed by atoms with Gasteiger partial charge in [-0.1, -0.05) is 60.7 Å². The zero-order valence-corrected chi connectivity index (χ0v) is 32.5. The fraction of sp³-hybridized carbons (Fsp3) is 0.116. The number of anilines is 2. The van der Waals surface area contributed by atoms with Crippen LogP contribution in [0.25, 0.3) is 17.3 Å². The lowest BCUT2D eigenvalue weighted by Gasteiger charge is -2.17. The Balaban J connectivity index is 1.21. The summed E-state index contributed by atoms with van der Waals surface area (Å²) in [7, 11) is 6.11. The van der Waals surface area contributed by atoms with Crippen LogP contribution < -0.4 is 34.9 Å². The van der Waals surface area contributed by atoms with Crippen LogP contribution in [0.4, 0.5) is 10.8 Å². The third-order valence-electron chi connectivity index (χ3n) is 8.37. The average Bonchev–Trinajstić information content (AvgIpc) is 3.71. The van der Waals surface area contributed by atoms with Crippen LogP contribution in [-0.4, -0.2) is 51.1 Å². The van der Waals surface area contributed by atoms with Gasteiger partial charge in [-0.2, -0.15) is 0 Å². The molecule has 1 aromatic heterocycles. The third kappa shape index (κ3) is 9.75. The van der Waals surface area contributed by atoms with Crippen LogP contribution in [0.3, 0.4) is 0 Å². The number of hydrogen-bond donors (Lipinski definition) is 3. The van der Waals surface area contributed by atoms with Crippen molar-refractivity contribution in [2.45, 2.75) is 10.1 Å². The molecule has 3 N–H and O–H groups in total. The first-order chi connectivity index (χ1) is 27.3. The van der Waals surface area contributed by atoms with Crippen LogP contribution in [0.1, 0.15) is 26.7 Å². The van der Waals surface area contributed by atoms with Gasteiger partial charge in [0.15, 0.2) is 16.6 Å². The van der Waals surface area contributed by atoms with E-state index in [4.69, 9.17) is 18.9 Å². The number of carbonyl (C=O) groups excluding carboxylic acids is 3. The molecular weight excluding hydrogens is 749 g/mol. The molecule has 0 fully saturated rings. The highest BCUT2D eigenvalue weighted by atomic mass is 32.2. The smallest absolute Gasteiger partial charge is 0.272 e. The van der Waals surface area contributed by atoms with Crippen molar-refractivity contribution in [3.05, 3.63) is 149 Å². The number of benzene rings is 5. The van der Waals surface area contributed by atoms with Gasteiger partial charge in [-0.15, -0.1) is 23.1 Å². The van der Waals surface area contributed by atoms with Gasteiger partial charge < -0.3 is 34.9 Å². The molecule has 0 aliphatic carbocycles. The van der Waals surface area contributed by atoms with E-state index in [1.54, 1.807) is 61.7 Å². The van der Waals surface area contributed by atoms with Crippen molar-refractivity contribution >= 4 is 57.7 Å². The number of thiazole rings is 1. The third-order valence-corrected chi connectivity index (χ3v) is 10.4. The number of aromatic nitrogens is 1. The van der Waals surface area contributed by atoms with Gasteiger partial charge in [0.25, 0.3) is 11.8 Å². The molecule has 0 saturated carbocycles. The second kappa shape index (κ2) is 18.7. The topological polar surface area (TPSA) is 137 Å². The zero-order chi connectivity index (χ0) is 39.4. The van der Waals surface area contributed by atoms with E-state index in [1.807, 2.05) is 72.1 Å². The Bertz CT molecular complexity index is 2330.